The number of benzene rings is 1. The largest absolute Gasteiger partial charge is 0.463 e. The number of carbonyl (C=O) groups excluding carboxylic acids is 1. The highest BCUT2D eigenvalue weighted by molar-refractivity contribution is 6.05. The first-order chi connectivity index (χ1) is 13.5. The van der Waals surface area contributed by atoms with Gasteiger partial charge in [0.15, 0.2) is 0 Å². The van der Waals surface area contributed by atoms with E-state index in [2.05, 4.69) is 14.7 Å². The van der Waals surface area contributed by atoms with Crippen LogP contribution >= 0.6 is 0 Å². The molecule has 4 rings (SSSR count). The Morgan fingerprint density at radius 1 is 1.11 bits per heavy atom. The first kappa shape index (κ1) is 18.1. The Kier molecular flexibility index (Phi) is 4.54. The molecule has 1 saturated carbocycles. The number of aliphatic imine (C=N–C) groups is 2. The lowest BCUT2D eigenvalue weighted by Crippen LogP contribution is -2.58. The molecule has 0 unspecified atom stereocenters. The van der Waals surface area contributed by atoms with Crippen LogP contribution in [0, 0.1) is 0 Å². The molecule has 0 amide bonds. The number of ether oxygens (including phenoxy) is 1. The monoisotopic (exact) mass is 381 g/mol. The van der Waals surface area contributed by atoms with Gasteiger partial charge in [0.05, 0.1) is 7.11 Å². The Labute approximate surface area is 162 Å². The number of rotatable bonds is 3. The fraction of sp³-hybridized carbons (Fsp3) is 0.350. The zero-order valence-electron chi connectivity index (χ0n) is 15.7. The molecule has 1 aromatic heterocycles. The summed E-state index contributed by atoms with van der Waals surface area (Å²) in [6, 6.07) is 11.1. The molecular weight excluding hydrogens is 358 g/mol. The zero-order valence-corrected chi connectivity index (χ0v) is 15.7. The molecule has 1 spiro atoms. The highest BCUT2D eigenvalue weighted by Gasteiger charge is 2.42. The molecule has 1 aromatic carbocycles. The molecule has 1 fully saturated rings. The van der Waals surface area contributed by atoms with Crippen LogP contribution in [0.1, 0.15) is 42.7 Å². The minimum absolute atomic E-state index is 0.167. The SMILES string of the molecule is COC(=O)c1ccc(-c2ccc(N3C(N)=NC(N)=NC34CCCCC4)cc2)o1. The van der Waals surface area contributed by atoms with E-state index >= 15 is 0 Å². The molecule has 2 heterocycles. The standard InChI is InChI=1S/C20H23N5O3/c1-27-17(26)16-10-9-15(28-16)13-5-7-14(8-6-13)25-19(22)23-18(21)24-20(25)11-3-2-4-12-20/h5-10H,2-4,11-12H2,1H3,(H4,21,22,23,24). The first-order valence-electron chi connectivity index (χ1n) is 9.31. The van der Waals surface area contributed by atoms with Crippen molar-refractivity contribution in [2.45, 2.75) is 37.8 Å². The van der Waals surface area contributed by atoms with Gasteiger partial charge in [-0.3, -0.25) is 4.90 Å². The van der Waals surface area contributed by atoms with Crippen molar-refractivity contribution in [3.63, 3.8) is 0 Å². The highest BCUT2D eigenvalue weighted by Crippen LogP contribution is 2.39. The molecule has 8 heteroatoms. The molecule has 2 aliphatic rings. The summed E-state index contributed by atoms with van der Waals surface area (Å²) in [6.07, 6.45) is 5.09. The van der Waals surface area contributed by atoms with Crippen LogP contribution in [0.4, 0.5) is 5.69 Å². The number of guanidine groups is 2. The molecule has 0 saturated heterocycles. The quantitative estimate of drug-likeness (QED) is 0.789. The summed E-state index contributed by atoms with van der Waals surface area (Å²) in [7, 11) is 1.32. The predicted octanol–water partition coefficient (Wildman–Crippen LogP) is 2.84. The maximum absolute atomic E-state index is 11.6. The summed E-state index contributed by atoms with van der Waals surface area (Å²) < 4.78 is 10.3. The van der Waals surface area contributed by atoms with Crippen LogP contribution in [0.2, 0.25) is 0 Å². The number of furan rings is 1. The number of anilines is 1. The second kappa shape index (κ2) is 7.03. The van der Waals surface area contributed by atoms with Crippen molar-refractivity contribution in [1.29, 1.82) is 0 Å². The average Bonchev–Trinajstić information content (AvgIpc) is 3.18. The second-order valence-electron chi connectivity index (χ2n) is 7.02. The maximum atomic E-state index is 11.6. The topological polar surface area (TPSA) is 119 Å². The normalized spacial score (nSPS) is 18.5. The fourth-order valence-corrected chi connectivity index (χ4v) is 3.97. The number of nitrogens with two attached hydrogens (primary N) is 2. The minimum atomic E-state index is -0.505. The van der Waals surface area contributed by atoms with Crippen LogP contribution < -0.4 is 16.4 Å². The summed E-state index contributed by atoms with van der Waals surface area (Å²) in [5.41, 5.74) is 13.4. The number of esters is 1. The van der Waals surface area contributed by atoms with E-state index in [0.717, 1.165) is 36.9 Å². The van der Waals surface area contributed by atoms with Crippen molar-refractivity contribution in [1.82, 2.24) is 0 Å². The summed E-state index contributed by atoms with van der Waals surface area (Å²) in [6.45, 7) is 0. The highest BCUT2D eigenvalue weighted by atomic mass is 16.5. The third kappa shape index (κ3) is 3.11. The lowest BCUT2D eigenvalue weighted by atomic mass is 9.87. The maximum Gasteiger partial charge on any atom is 0.373 e. The number of nitrogens with zero attached hydrogens (tertiary/aromatic N) is 3. The van der Waals surface area contributed by atoms with Crippen molar-refractivity contribution in [3.05, 3.63) is 42.2 Å². The van der Waals surface area contributed by atoms with Gasteiger partial charge in [0.25, 0.3) is 0 Å². The second-order valence-corrected chi connectivity index (χ2v) is 7.02. The van der Waals surface area contributed by atoms with E-state index in [0.29, 0.717) is 11.7 Å². The van der Waals surface area contributed by atoms with Crippen molar-refractivity contribution < 1.29 is 13.9 Å². The smallest absolute Gasteiger partial charge is 0.373 e. The van der Waals surface area contributed by atoms with Crippen molar-refractivity contribution in [2.75, 3.05) is 12.0 Å². The van der Waals surface area contributed by atoms with Gasteiger partial charge >= 0.3 is 5.97 Å². The van der Waals surface area contributed by atoms with Gasteiger partial charge in [-0.05, 0) is 62.1 Å². The van der Waals surface area contributed by atoms with Gasteiger partial charge in [0, 0.05) is 11.3 Å². The Morgan fingerprint density at radius 2 is 1.82 bits per heavy atom. The van der Waals surface area contributed by atoms with Crippen LogP contribution in [0.3, 0.4) is 0 Å². The molecule has 0 bridgehead atoms. The molecule has 4 N–H and O–H groups in total. The van der Waals surface area contributed by atoms with E-state index in [1.54, 1.807) is 12.1 Å². The van der Waals surface area contributed by atoms with Gasteiger partial charge in [-0.15, -0.1) is 0 Å². The van der Waals surface area contributed by atoms with Crippen molar-refractivity contribution >= 4 is 23.6 Å². The minimum Gasteiger partial charge on any atom is -0.463 e. The van der Waals surface area contributed by atoms with Crippen LogP contribution in [-0.4, -0.2) is 30.7 Å². The summed E-state index contributed by atoms with van der Waals surface area (Å²) in [5, 5.41) is 0. The van der Waals surface area contributed by atoms with Gasteiger partial charge < -0.3 is 20.6 Å². The number of methoxy groups -OCH3 is 1. The van der Waals surface area contributed by atoms with Crippen LogP contribution in [0.25, 0.3) is 11.3 Å². The van der Waals surface area contributed by atoms with E-state index in [1.807, 2.05) is 29.2 Å². The van der Waals surface area contributed by atoms with E-state index in [1.165, 1.54) is 13.5 Å². The third-order valence-electron chi connectivity index (χ3n) is 5.25. The Hall–Kier alpha value is -3.29. The lowest BCUT2D eigenvalue weighted by molar-refractivity contribution is 0.0566. The van der Waals surface area contributed by atoms with Gasteiger partial charge in [-0.1, -0.05) is 6.42 Å². The van der Waals surface area contributed by atoms with E-state index in [4.69, 9.17) is 15.9 Å². The van der Waals surface area contributed by atoms with E-state index < -0.39 is 11.6 Å². The lowest BCUT2D eigenvalue weighted by Gasteiger charge is -2.45. The number of carbonyl (C=O) groups is 1. The molecule has 2 aromatic rings. The molecule has 146 valence electrons. The summed E-state index contributed by atoms with van der Waals surface area (Å²) in [4.78, 5) is 22.4. The average molecular weight is 381 g/mol. The summed E-state index contributed by atoms with van der Waals surface area (Å²) in [5.74, 6) is 0.836. The third-order valence-corrected chi connectivity index (χ3v) is 5.25. The molecule has 0 radical (unpaired) electrons. The molecule has 1 aliphatic carbocycles. The Morgan fingerprint density at radius 3 is 2.50 bits per heavy atom. The van der Waals surface area contributed by atoms with Gasteiger partial charge in [0.1, 0.15) is 11.4 Å². The summed E-state index contributed by atoms with van der Waals surface area (Å²) >= 11 is 0. The Balaban J connectivity index is 1.65. The van der Waals surface area contributed by atoms with Gasteiger partial charge in [0.2, 0.25) is 17.7 Å². The predicted molar refractivity (Wildman–Crippen MR) is 107 cm³/mol. The van der Waals surface area contributed by atoms with Crippen molar-refractivity contribution in [3.8, 4) is 11.3 Å². The van der Waals surface area contributed by atoms with E-state index in [9.17, 15) is 4.79 Å². The first-order valence-corrected chi connectivity index (χ1v) is 9.31. The molecule has 0 atom stereocenters. The van der Waals surface area contributed by atoms with Gasteiger partial charge in [-0.25, -0.2) is 9.79 Å². The number of hydrogen-bond acceptors (Lipinski definition) is 8. The fourth-order valence-electron chi connectivity index (χ4n) is 3.97. The van der Waals surface area contributed by atoms with E-state index in [-0.39, 0.29) is 11.7 Å². The van der Waals surface area contributed by atoms with Crippen LogP contribution in [-0.2, 0) is 4.74 Å². The zero-order chi connectivity index (χ0) is 19.7. The van der Waals surface area contributed by atoms with Crippen molar-refractivity contribution in [2.24, 2.45) is 21.5 Å². The molecule has 8 nitrogen and oxygen atoms in total. The number of hydrogen-bond donors (Lipinski definition) is 2. The molecular formula is C20H23N5O3. The van der Waals surface area contributed by atoms with Crippen LogP contribution in [0.5, 0.6) is 0 Å². The van der Waals surface area contributed by atoms with Crippen LogP contribution in [0.15, 0.2) is 50.8 Å². The van der Waals surface area contributed by atoms with Gasteiger partial charge in [-0.2, -0.15) is 4.99 Å². The molecule has 28 heavy (non-hydrogen) atoms. The molecule has 1 aliphatic heterocycles. The Bertz CT molecular complexity index is 939.